The highest BCUT2D eigenvalue weighted by Gasteiger charge is 2.38. The van der Waals surface area contributed by atoms with Crippen LogP contribution in [0.1, 0.15) is 38.3 Å². The number of hydrogen-bond donors (Lipinski definition) is 0. The number of benzene rings is 1. The number of fused-ring (bicyclic) bond motifs is 1. The zero-order valence-corrected chi connectivity index (χ0v) is 11.2. The van der Waals surface area contributed by atoms with Crippen LogP contribution >= 0.6 is 0 Å². The first-order chi connectivity index (χ1) is 8.27. The van der Waals surface area contributed by atoms with E-state index < -0.39 is 5.92 Å². The van der Waals surface area contributed by atoms with Crippen LogP contribution in [0.5, 0.6) is 5.75 Å². The Balaban J connectivity index is 2.06. The van der Waals surface area contributed by atoms with Gasteiger partial charge in [-0.2, -0.15) is 0 Å². The number of rotatable bonds is 3. The van der Waals surface area contributed by atoms with Gasteiger partial charge in [-0.1, -0.05) is 32.9 Å². The molecule has 0 saturated heterocycles. The number of halogens is 2. The summed E-state index contributed by atoms with van der Waals surface area (Å²) in [5, 5.41) is 0. The molecule has 0 heterocycles. The van der Waals surface area contributed by atoms with Crippen LogP contribution in [0.15, 0.2) is 18.2 Å². The van der Waals surface area contributed by atoms with E-state index in [1.54, 1.807) is 18.2 Å². The van der Waals surface area contributed by atoms with Gasteiger partial charge in [0.1, 0.15) is 5.75 Å². The lowest BCUT2D eigenvalue weighted by atomic mass is 9.93. The third kappa shape index (κ3) is 3.21. The van der Waals surface area contributed by atoms with E-state index in [9.17, 15) is 8.78 Å². The van der Waals surface area contributed by atoms with Crippen LogP contribution in [0.2, 0.25) is 0 Å². The van der Waals surface area contributed by atoms with Gasteiger partial charge in [-0.3, -0.25) is 0 Å². The van der Waals surface area contributed by atoms with Gasteiger partial charge < -0.3 is 4.74 Å². The number of ether oxygens (including phenoxy) is 1. The van der Waals surface area contributed by atoms with Crippen molar-refractivity contribution >= 4 is 0 Å². The predicted molar refractivity (Wildman–Crippen MR) is 68.4 cm³/mol. The van der Waals surface area contributed by atoms with Crippen molar-refractivity contribution in [2.75, 3.05) is 6.61 Å². The van der Waals surface area contributed by atoms with Crippen LogP contribution in [-0.4, -0.2) is 12.5 Å². The maximum atomic E-state index is 13.4. The lowest BCUT2D eigenvalue weighted by Gasteiger charge is -2.19. The molecule has 18 heavy (non-hydrogen) atoms. The van der Waals surface area contributed by atoms with Crippen molar-refractivity contribution in [1.29, 1.82) is 0 Å². The second-order valence-corrected chi connectivity index (χ2v) is 6.26. The highest BCUT2D eigenvalue weighted by Crippen LogP contribution is 2.39. The normalized spacial score (nSPS) is 17.6. The first kappa shape index (κ1) is 13.3. The van der Waals surface area contributed by atoms with Gasteiger partial charge in [0.2, 0.25) is 0 Å². The van der Waals surface area contributed by atoms with Crippen LogP contribution in [0.25, 0.3) is 0 Å². The van der Waals surface area contributed by atoms with E-state index in [1.807, 2.05) is 0 Å². The Labute approximate surface area is 107 Å². The molecule has 3 heteroatoms. The summed E-state index contributed by atoms with van der Waals surface area (Å²) >= 11 is 0. The van der Waals surface area contributed by atoms with Crippen molar-refractivity contribution < 1.29 is 13.5 Å². The molecular formula is C15H20F2O. The Bertz CT molecular complexity index is 433. The van der Waals surface area contributed by atoms with Gasteiger partial charge in [-0.05, 0) is 23.5 Å². The van der Waals surface area contributed by atoms with Gasteiger partial charge in [0.15, 0.2) is 0 Å². The van der Waals surface area contributed by atoms with Crippen molar-refractivity contribution in [3.05, 3.63) is 29.3 Å². The highest BCUT2D eigenvalue weighted by molar-refractivity contribution is 5.45. The topological polar surface area (TPSA) is 9.23 Å². The second-order valence-electron chi connectivity index (χ2n) is 6.26. The summed E-state index contributed by atoms with van der Waals surface area (Å²) in [5.41, 5.74) is 1.62. The Hall–Kier alpha value is -1.12. The molecule has 2 rings (SSSR count). The molecule has 1 aliphatic carbocycles. The average molecular weight is 254 g/mol. The molecule has 0 aromatic heterocycles. The third-order valence-electron chi connectivity index (χ3n) is 3.22. The van der Waals surface area contributed by atoms with E-state index in [1.165, 1.54) is 0 Å². The Morgan fingerprint density at radius 3 is 2.61 bits per heavy atom. The first-order valence-corrected chi connectivity index (χ1v) is 6.38. The molecule has 1 nitrogen and oxygen atoms in total. The number of hydrogen-bond acceptors (Lipinski definition) is 1. The molecule has 0 spiro atoms. The van der Waals surface area contributed by atoms with Crippen LogP contribution in [-0.2, 0) is 12.8 Å². The largest absolute Gasteiger partial charge is 0.493 e. The summed E-state index contributed by atoms with van der Waals surface area (Å²) in [5.74, 6) is -1.97. The quantitative estimate of drug-likeness (QED) is 0.784. The second kappa shape index (κ2) is 4.52. The molecule has 1 aliphatic rings. The van der Waals surface area contributed by atoms with Gasteiger partial charge in [0.05, 0.1) is 6.61 Å². The van der Waals surface area contributed by atoms with Crippen molar-refractivity contribution in [3.8, 4) is 5.75 Å². The van der Waals surface area contributed by atoms with Gasteiger partial charge in [-0.15, -0.1) is 0 Å². The average Bonchev–Trinajstić information content (AvgIpc) is 2.51. The van der Waals surface area contributed by atoms with Gasteiger partial charge >= 0.3 is 0 Å². The molecule has 100 valence electrons. The summed E-state index contributed by atoms with van der Waals surface area (Å²) < 4.78 is 32.4. The van der Waals surface area contributed by atoms with Crippen molar-refractivity contribution in [1.82, 2.24) is 0 Å². The van der Waals surface area contributed by atoms with E-state index in [-0.39, 0.29) is 18.3 Å². The van der Waals surface area contributed by atoms with Crippen LogP contribution < -0.4 is 4.74 Å². The molecule has 1 aromatic rings. The summed E-state index contributed by atoms with van der Waals surface area (Å²) in [6, 6.07) is 5.36. The van der Waals surface area contributed by atoms with Crippen LogP contribution in [0.3, 0.4) is 0 Å². The van der Waals surface area contributed by atoms with E-state index in [4.69, 9.17) is 4.74 Å². The van der Waals surface area contributed by atoms with Crippen molar-refractivity contribution in [3.63, 3.8) is 0 Å². The standard InChI is InChI=1S/C15H20F2O/c1-14(2,3)7-8-18-13-6-4-5-11-9-15(16,17)10-12(11)13/h4-6H,7-10H2,1-3H3. The van der Waals surface area contributed by atoms with E-state index in [2.05, 4.69) is 20.8 Å². The monoisotopic (exact) mass is 254 g/mol. The minimum Gasteiger partial charge on any atom is -0.493 e. The molecule has 0 unspecified atom stereocenters. The highest BCUT2D eigenvalue weighted by atomic mass is 19.3. The fourth-order valence-electron chi connectivity index (χ4n) is 2.18. The Morgan fingerprint density at radius 2 is 1.94 bits per heavy atom. The molecular weight excluding hydrogens is 234 g/mol. The molecule has 0 atom stereocenters. The van der Waals surface area contributed by atoms with Gasteiger partial charge in [0, 0.05) is 18.4 Å². The summed E-state index contributed by atoms with van der Waals surface area (Å²) in [4.78, 5) is 0. The zero-order valence-electron chi connectivity index (χ0n) is 11.2. The third-order valence-corrected chi connectivity index (χ3v) is 3.22. The minimum atomic E-state index is -2.61. The van der Waals surface area contributed by atoms with Crippen LogP contribution in [0, 0.1) is 5.41 Å². The fraction of sp³-hybridized carbons (Fsp3) is 0.600. The van der Waals surface area contributed by atoms with E-state index in [0.29, 0.717) is 17.9 Å². The molecule has 0 amide bonds. The fourth-order valence-corrected chi connectivity index (χ4v) is 2.18. The van der Waals surface area contributed by atoms with Gasteiger partial charge in [-0.25, -0.2) is 8.78 Å². The zero-order chi connectivity index (χ0) is 13.4. The maximum absolute atomic E-state index is 13.4. The van der Waals surface area contributed by atoms with E-state index >= 15 is 0 Å². The molecule has 0 N–H and O–H groups in total. The van der Waals surface area contributed by atoms with Crippen molar-refractivity contribution in [2.45, 2.75) is 46.0 Å². The predicted octanol–water partition coefficient (Wildman–Crippen LogP) is 4.24. The van der Waals surface area contributed by atoms with Gasteiger partial charge in [0.25, 0.3) is 5.92 Å². The molecule has 0 bridgehead atoms. The summed E-state index contributed by atoms with van der Waals surface area (Å²) in [7, 11) is 0. The molecule has 0 fully saturated rings. The Kier molecular flexibility index (Phi) is 3.35. The molecule has 0 saturated carbocycles. The first-order valence-electron chi connectivity index (χ1n) is 6.38. The SMILES string of the molecule is CC(C)(C)CCOc1cccc2c1CC(F)(F)C2. The number of alkyl halides is 2. The Morgan fingerprint density at radius 1 is 1.22 bits per heavy atom. The molecule has 1 aromatic carbocycles. The lowest BCUT2D eigenvalue weighted by molar-refractivity contribution is 0.0126. The molecule has 0 aliphatic heterocycles. The smallest absolute Gasteiger partial charge is 0.256 e. The van der Waals surface area contributed by atoms with Crippen molar-refractivity contribution in [2.24, 2.45) is 5.41 Å². The lowest BCUT2D eigenvalue weighted by Crippen LogP contribution is -2.15. The summed E-state index contributed by atoms with van der Waals surface area (Å²) in [6.45, 7) is 6.99. The van der Waals surface area contributed by atoms with Crippen LogP contribution in [0.4, 0.5) is 8.78 Å². The minimum absolute atomic E-state index is 0.154. The summed E-state index contributed by atoms with van der Waals surface area (Å²) in [6.07, 6.45) is 0.569. The molecule has 0 radical (unpaired) electrons. The van der Waals surface area contributed by atoms with E-state index in [0.717, 1.165) is 12.0 Å². The maximum Gasteiger partial charge on any atom is 0.256 e.